The summed E-state index contributed by atoms with van der Waals surface area (Å²) in [5.41, 5.74) is 5.25. The van der Waals surface area contributed by atoms with E-state index in [1.165, 1.54) is 25.3 Å². The molecule has 0 amide bonds. The van der Waals surface area contributed by atoms with Crippen LogP contribution in [0.15, 0.2) is 22.8 Å². The molecule has 0 saturated carbocycles. The number of Topliss-reactive ketones (excluding diaryl/α,β-unsaturated/α-hetero) is 1. The van der Waals surface area contributed by atoms with Crippen LogP contribution < -0.4 is 11.1 Å². The predicted molar refractivity (Wildman–Crippen MR) is 72.6 cm³/mol. The van der Waals surface area contributed by atoms with E-state index in [0.717, 1.165) is 0 Å². The molecular weight excluding hydrogens is 325 g/mol. The number of hydrogen-bond acceptors (Lipinski definition) is 5. The molecule has 0 aliphatic heterocycles. The topological polar surface area (TPSA) is 94.6 Å². The fourth-order valence-electron chi connectivity index (χ4n) is 1.74. The Balaban J connectivity index is 3.27. The van der Waals surface area contributed by atoms with E-state index in [9.17, 15) is 22.8 Å². The Morgan fingerprint density at radius 2 is 2.14 bits per heavy atom. The molecule has 0 fully saturated rings. The van der Waals surface area contributed by atoms with Crippen molar-refractivity contribution in [1.29, 1.82) is 0 Å². The van der Waals surface area contributed by atoms with Gasteiger partial charge in [0.2, 0.25) is 0 Å². The summed E-state index contributed by atoms with van der Waals surface area (Å²) in [6.07, 6.45) is -4.07. The summed E-state index contributed by atoms with van der Waals surface area (Å²) in [7, 11) is 0. The number of furan rings is 1. The number of halogens is 3. The molecule has 2 atom stereocenters. The smallest absolute Gasteiger partial charge is 0.451 e. The second kappa shape index (κ2) is 7.25. The lowest BCUT2D eigenvalue weighted by Gasteiger charge is -2.24. The molecule has 6 nitrogen and oxygen atoms in total. The van der Waals surface area contributed by atoms with Crippen LogP contribution in [0.25, 0.3) is 0 Å². The number of nitrogens with two attached hydrogens (primary N) is 1. The number of hydrogen-bond donors (Lipinski definition) is 2. The average molecular weight is 338 g/mol. The minimum Gasteiger partial charge on any atom is -0.467 e. The van der Waals surface area contributed by atoms with E-state index in [4.69, 9.17) is 10.2 Å². The van der Waals surface area contributed by atoms with Gasteiger partial charge in [0.05, 0.1) is 12.9 Å². The van der Waals surface area contributed by atoms with Gasteiger partial charge in [-0.05, 0) is 31.3 Å². The highest BCUT2D eigenvalue weighted by Gasteiger charge is 2.51. The van der Waals surface area contributed by atoms with Crippen molar-refractivity contribution in [2.45, 2.75) is 19.1 Å². The summed E-state index contributed by atoms with van der Waals surface area (Å²) in [6, 6.07) is 1.14. The van der Waals surface area contributed by atoms with Gasteiger partial charge in [0.15, 0.2) is 11.0 Å². The average Bonchev–Trinajstić information content (AvgIpc) is 2.90. The molecule has 1 aromatic heterocycles. The van der Waals surface area contributed by atoms with Crippen LogP contribution in [0, 0.1) is 5.92 Å². The van der Waals surface area contributed by atoms with E-state index >= 15 is 0 Å². The van der Waals surface area contributed by atoms with Crippen molar-refractivity contribution in [1.82, 2.24) is 5.32 Å². The Bertz CT molecular complexity index is 545. The van der Waals surface area contributed by atoms with Gasteiger partial charge in [0, 0.05) is 0 Å². The maximum absolute atomic E-state index is 12.8. The van der Waals surface area contributed by atoms with Gasteiger partial charge < -0.3 is 20.2 Å². The van der Waals surface area contributed by atoms with Crippen molar-refractivity contribution in [2.24, 2.45) is 11.7 Å². The first kappa shape index (κ1) is 18.0. The van der Waals surface area contributed by atoms with Crippen LogP contribution in [0.1, 0.15) is 18.7 Å². The fourth-order valence-corrected chi connectivity index (χ4v) is 1.87. The Hall–Kier alpha value is -2.10. The molecule has 1 heterocycles. The summed E-state index contributed by atoms with van der Waals surface area (Å²) >= 11 is 4.58. The number of alkyl halides is 3. The van der Waals surface area contributed by atoms with Gasteiger partial charge >= 0.3 is 12.1 Å². The van der Waals surface area contributed by atoms with Gasteiger partial charge in [0.25, 0.3) is 5.78 Å². The Labute approximate surface area is 128 Å². The fraction of sp³-hybridized carbons (Fsp3) is 0.417. The molecule has 0 unspecified atom stereocenters. The summed E-state index contributed by atoms with van der Waals surface area (Å²) in [4.78, 5) is 23.4. The van der Waals surface area contributed by atoms with Gasteiger partial charge in [-0.15, -0.1) is 0 Å². The number of rotatable bonds is 6. The molecule has 0 aliphatic carbocycles. The lowest BCUT2D eigenvalue weighted by Crippen LogP contribution is -2.47. The third-order valence-corrected chi connectivity index (χ3v) is 2.70. The van der Waals surface area contributed by atoms with E-state index < -0.39 is 35.0 Å². The lowest BCUT2D eigenvalue weighted by atomic mass is 9.92. The Morgan fingerprint density at radius 1 is 1.50 bits per heavy atom. The minimum absolute atomic E-state index is 0.108. The molecule has 0 saturated heterocycles. The molecule has 10 heteroatoms. The zero-order valence-electron chi connectivity index (χ0n) is 11.3. The SMILES string of the molecule is CCOC(=O)[C@@H](C(=O)C(F)(F)F)[C@H](NC(N)=S)c1ccco1. The monoisotopic (exact) mass is 338 g/mol. The van der Waals surface area contributed by atoms with Crippen molar-refractivity contribution in [3.63, 3.8) is 0 Å². The maximum Gasteiger partial charge on any atom is 0.451 e. The van der Waals surface area contributed by atoms with Crippen LogP contribution in [0.2, 0.25) is 0 Å². The van der Waals surface area contributed by atoms with Crippen LogP contribution in [-0.2, 0) is 14.3 Å². The van der Waals surface area contributed by atoms with Crippen LogP contribution in [0.5, 0.6) is 0 Å². The first-order chi connectivity index (χ1) is 10.2. The molecule has 1 aromatic rings. The van der Waals surface area contributed by atoms with Crippen LogP contribution in [0.4, 0.5) is 13.2 Å². The summed E-state index contributed by atoms with van der Waals surface area (Å²) in [5, 5.41) is 1.87. The zero-order valence-corrected chi connectivity index (χ0v) is 12.2. The van der Waals surface area contributed by atoms with Crippen molar-refractivity contribution >= 4 is 29.1 Å². The van der Waals surface area contributed by atoms with E-state index in [-0.39, 0.29) is 12.4 Å². The van der Waals surface area contributed by atoms with Crippen molar-refractivity contribution in [3.8, 4) is 0 Å². The van der Waals surface area contributed by atoms with Crippen molar-refractivity contribution < 1.29 is 31.9 Å². The van der Waals surface area contributed by atoms with E-state index in [0.29, 0.717) is 0 Å². The molecular formula is C12H13F3N2O4S. The number of nitrogens with one attached hydrogen (secondary N) is 1. The number of esters is 1. The van der Waals surface area contributed by atoms with Gasteiger partial charge in [0.1, 0.15) is 11.8 Å². The lowest BCUT2D eigenvalue weighted by molar-refractivity contribution is -0.182. The third kappa shape index (κ3) is 4.45. The normalized spacial score (nSPS) is 14.0. The van der Waals surface area contributed by atoms with Crippen LogP contribution in [0.3, 0.4) is 0 Å². The quantitative estimate of drug-likeness (QED) is 0.461. The third-order valence-electron chi connectivity index (χ3n) is 2.58. The van der Waals surface area contributed by atoms with Crippen LogP contribution in [-0.4, -0.2) is 29.6 Å². The number of ketones is 1. The first-order valence-electron chi connectivity index (χ1n) is 6.05. The highest BCUT2D eigenvalue weighted by atomic mass is 32.1. The second-order valence-corrected chi connectivity index (χ2v) is 4.53. The second-order valence-electron chi connectivity index (χ2n) is 4.09. The molecule has 1 rings (SSSR count). The number of ether oxygens (including phenoxy) is 1. The first-order valence-corrected chi connectivity index (χ1v) is 6.46. The van der Waals surface area contributed by atoms with Gasteiger partial charge in [-0.2, -0.15) is 13.2 Å². The molecule has 3 N–H and O–H groups in total. The molecule has 22 heavy (non-hydrogen) atoms. The number of carbonyl (C=O) groups is 2. The summed E-state index contributed by atoms with van der Waals surface area (Å²) in [6.45, 7) is 1.20. The standard InChI is InChI=1S/C12H13F3N2O4S/c1-2-20-10(19)7(9(18)12(13,14)15)8(17-11(16)22)6-4-3-5-21-6/h3-5,7-8H,2H2,1H3,(H3,16,17,22)/t7-,8-/m1/s1. The highest BCUT2D eigenvalue weighted by molar-refractivity contribution is 7.80. The highest BCUT2D eigenvalue weighted by Crippen LogP contribution is 2.31. The van der Waals surface area contributed by atoms with Crippen molar-refractivity contribution in [3.05, 3.63) is 24.2 Å². The Kier molecular flexibility index (Phi) is 5.92. The predicted octanol–water partition coefficient (Wildman–Crippen LogP) is 1.46. The Morgan fingerprint density at radius 3 is 2.55 bits per heavy atom. The molecule has 122 valence electrons. The summed E-state index contributed by atoms with van der Waals surface area (Å²) < 4.78 is 47.8. The van der Waals surface area contributed by atoms with Crippen molar-refractivity contribution in [2.75, 3.05) is 6.61 Å². The largest absolute Gasteiger partial charge is 0.467 e. The molecule has 0 radical (unpaired) electrons. The van der Waals surface area contributed by atoms with E-state index in [1.54, 1.807) is 0 Å². The van der Waals surface area contributed by atoms with Crippen LogP contribution >= 0.6 is 12.2 Å². The molecule has 0 aliphatic rings. The minimum atomic E-state index is -5.24. The number of thiocarbonyl (C=S) groups is 1. The molecule has 0 aromatic carbocycles. The van der Waals surface area contributed by atoms with E-state index in [2.05, 4.69) is 22.3 Å². The maximum atomic E-state index is 12.8. The number of carbonyl (C=O) groups excluding carboxylic acids is 2. The molecule has 0 spiro atoms. The van der Waals surface area contributed by atoms with Gasteiger partial charge in [-0.3, -0.25) is 9.59 Å². The molecule has 0 bridgehead atoms. The summed E-state index contributed by atoms with van der Waals surface area (Å²) in [5.74, 6) is -5.97. The van der Waals surface area contributed by atoms with E-state index in [1.807, 2.05) is 0 Å². The zero-order chi connectivity index (χ0) is 16.9. The van der Waals surface area contributed by atoms with Gasteiger partial charge in [-0.25, -0.2) is 0 Å². The van der Waals surface area contributed by atoms with Gasteiger partial charge in [-0.1, -0.05) is 0 Å².